The molecule has 1 aliphatic rings. The van der Waals surface area contributed by atoms with Crippen molar-refractivity contribution in [2.75, 3.05) is 31.5 Å². The summed E-state index contributed by atoms with van der Waals surface area (Å²) in [5.74, 6) is 0.0487. The quantitative estimate of drug-likeness (QED) is 0.430. The Hall–Kier alpha value is -3.55. The molecule has 1 fully saturated rings. The first-order valence-corrected chi connectivity index (χ1v) is 13.2. The van der Waals surface area contributed by atoms with Crippen LogP contribution in [0, 0.1) is 5.92 Å². The van der Waals surface area contributed by atoms with Gasteiger partial charge in [0.15, 0.2) is 5.11 Å². The van der Waals surface area contributed by atoms with Crippen LogP contribution in [0.2, 0.25) is 0 Å². The molecule has 7 heteroatoms. The molecule has 6 nitrogen and oxygen atoms in total. The summed E-state index contributed by atoms with van der Waals surface area (Å²) in [7, 11) is 0. The molecule has 0 spiro atoms. The molecule has 2 amide bonds. The fourth-order valence-corrected chi connectivity index (χ4v) is 4.94. The number of hydrogen-bond acceptors (Lipinski definition) is 4. The van der Waals surface area contributed by atoms with Gasteiger partial charge in [0.2, 0.25) is 5.91 Å². The highest BCUT2D eigenvalue weighted by atomic mass is 32.1. The second kappa shape index (κ2) is 12.6. The van der Waals surface area contributed by atoms with Gasteiger partial charge in [0.05, 0.1) is 17.3 Å². The minimum atomic E-state index is -0.140. The van der Waals surface area contributed by atoms with E-state index in [2.05, 4.69) is 64.1 Å². The van der Waals surface area contributed by atoms with E-state index in [0.29, 0.717) is 30.8 Å². The monoisotopic (exact) mass is 514 g/mol. The lowest BCUT2D eigenvalue weighted by atomic mass is 9.96. The third kappa shape index (κ3) is 7.02. The number of anilines is 1. The third-order valence-corrected chi connectivity index (χ3v) is 6.65. The average molecular weight is 515 g/mol. The predicted molar refractivity (Wildman–Crippen MR) is 152 cm³/mol. The Morgan fingerprint density at radius 3 is 1.92 bits per heavy atom. The van der Waals surface area contributed by atoms with Crippen molar-refractivity contribution in [3.63, 3.8) is 0 Å². The number of piperazine rings is 1. The normalized spacial score (nSPS) is 14.0. The molecule has 1 saturated heterocycles. The van der Waals surface area contributed by atoms with Gasteiger partial charge in [-0.2, -0.15) is 0 Å². The van der Waals surface area contributed by atoms with E-state index >= 15 is 0 Å². The molecular formula is C30H34N4O2S. The summed E-state index contributed by atoms with van der Waals surface area (Å²) in [6, 6.07) is 28.5. The maximum Gasteiger partial charge on any atom is 0.256 e. The van der Waals surface area contributed by atoms with Gasteiger partial charge >= 0.3 is 0 Å². The zero-order chi connectivity index (χ0) is 26.2. The number of rotatable bonds is 7. The van der Waals surface area contributed by atoms with Crippen molar-refractivity contribution in [1.82, 2.24) is 15.1 Å². The van der Waals surface area contributed by atoms with Crippen LogP contribution in [0.5, 0.6) is 0 Å². The maximum absolute atomic E-state index is 13.5. The Bertz CT molecular complexity index is 1170. The molecule has 3 aromatic rings. The minimum Gasteiger partial charge on any atom is -0.336 e. The summed E-state index contributed by atoms with van der Waals surface area (Å²) in [6.07, 6.45) is 0.389. The summed E-state index contributed by atoms with van der Waals surface area (Å²) in [6.45, 7) is 6.73. The van der Waals surface area contributed by atoms with E-state index < -0.39 is 0 Å². The molecular weight excluding hydrogens is 480 g/mol. The molecule has 0 saturated carbocycles. The number of amides is 2. The summed E-state index contributed by atoms with van der Waals surface area (Å²) in [4.78, 5) is 30.0. The zero-order valence-electron chi connectivity index (χ0n) is 21.4. The Morgan fingerprint density at radius 1 is 0.811 bits per heavy atom. The van der Waals surface area contributed by atoms with Crippen LogP contribution in [-0.2, 0) is 4.79 Å². The number of carbonyl (C=O) groups excluding carboxylic acids is 2. The number of para-hydroxylation sites is 1. The number of benzene rings is 3. The largest absolute Gasteiger partial charge is 0.336 e. The van der Waals surface area contributed by atoms with E-state index in [1.807, 2.05) is 49.1 Å². The van der Waals surface area contributed by atoms with Gasteiger partial charge in [-0.15, -0.1) is 0 Å². The van der Waals surface area contributed by atoms with Crippen molar-refractivity contribution in [3.8, 4) is 0 Å². The highest BCUT2D eigenvalue weighted by Crippen LogP contribution is 2.30. The van der Waals surface area contributed by atoms with Crippen molar-refractivity contribution in [1.29, 1.82) is 0 Å². The van der Waals surface area contributed by atoms with Crippen molar-refractivity contribution in [2.45, 2.75) is 26.3 Å². The molecule has 0 bridgehead atoms. The van der Waals surface area contributed by atoms with Crippen LogP contribution in [0.4, 0.5) is 5.69 Å². The first kappa shape index (κ1) is 26.5. The molecule has 2 N–H and O–H groups in total. The summed E-state index contributed by atoms with van der Waals surface area (Å²) in [5, 5.41) is 5.95. The number of nitrogens with one attached hydrogen (secondary N) is 2. The summed E-state index contributed by atoms with van der Waals surface area (Å²) >= 11 is 5.33. The van der Waals surface area contributed by atoms with E-state index in [1.54, 1.807) is 6.07 Å². The van der Waals surface area contributed by atoms with Gasteiger partial charge in [-0.1, -0.05) is 86.6 Å². The van der Waals surface area contributed by atoms with Crippen LogP contribution in [0.1, 0.15) is 47.8 Å². The van der Waals surface area contributed by atoms with E-state index in [-0.39, 0.29) is 28.9 Å². The molecule has 0 atom stereocenters. The lowest BCUT2D eigenvalue weighted by Crippen LogP contribution is -2.50. The zero-order valence-corrected chi connectivity index (χ0v) is 22.2. The summed E-state index contributed by atoms with van der Waals surface area (Å²) < 4.78 is 0. The van der Waals surface area contributed by atoms with Gasteiger partial charge in [0, 0.05) is 32.6 Å². The average Bonchev–Trinajstić information content (AvgIpc) is 2.90. The van der Waals surface area contributed by atoms with Gasteiger partial charge in [0.25, 0.3) is 5.91 Å². The fourth-order valence-electron chi connectivity index (χ4n) is 4.72. The Balaban J connectivity index is 1.43. The van der Waals surface area contributed by atoms with Gasteiger partial charge in [-0.25, -0.2) is 0 Å². The molecule has 0 aliphatic carbocycles. The molecule has 0 radical (unpaired) electrons. The van der Waals surface area contributed by atoms with Crippen molar-refractivity contribution < 1.29 is 9.59 Å². The molecule has 1 heterocycles. The second-order valence-electron chi connectivity index (χ2n) is 9.70. The Kier molecular flexibility index (Phi) is 9.04. The second-order valence-corrected chi connectivity index (χ2v) is 10.1. The highest BCUT2D eigenvalue weighted by molar-refractivity contribution is 7.80. The van der Waals surface area contributed by atoms with Crippen LogP contribution in [0.25, 0.3) is 0 Å². The van der Waals surface area contributed by atoms with Crippen molar-refractivity contribution >= 4 is 34.8 Å². The minimum absolute atomic E-state index is 0.0463. The topological polar surface area (TPSA) is 64.7 Å². The van der Waals surface area contributed by atoms with E-state index in [1.165, 1.54) is 11.1 Å². The van der Waals surface area contributed by atoms with Gasteiger partial charge in [-0.05, 0) is 41.4 Å². The smallest absolute Gasteiger partial charge is 0.256 e. The third-order valence-electron chi connectivity index (χ3n) is 6.45. The van der Waals surface area contributed by atoms with Crippen molar-refractivity contribution in [3.05, 3.63) is 102 Å². The standard InChI is InChI=1S/C30H34N4O2S/c1-22(2)21-27(35)32-30(37)31-26-16-10-9-15-25(26)29(36)34-19-17-33(18-20-34)28(23-11-5-3-6-12-23)24-13-7-4-8-14-24/h3-16,22,28H,17-21H2,1-2H3,(H2,31,32,35,37). The molecule has 1 aliphatic heterocycles. The molecule has 3 aromatic carbocycles. The van der Waals surface area contributed by atoms with Crippen molar-refractivity contribution in [2.24, 2.45) is 5.92 Å². The van der Waals surface area contributed by atoms with E-state index in [0.717, 1.165) is 13.1 Å². The van der Waals surface area contributed by atoms with Gasteiger partial charge < -0.3 is 15.5 Å². The van der Waals surface area contributed by atoms with Crippen LogP contribution in [-0.4, -0.2) is 52.9 Å². The van der Waals surface area contributed by atoms with Gasteiger partial charge in [0.1, 0.15) is 0 Å². The molecule has 4 rings (SSSR count). The predicted octanol–water partition coefficient (Wildman–Crippen LogP) is 5.09. The number of nitrogens with zero attached hydrogens (tertiary/aromatic N) is 2. The molecule has 0 unspecified atom stereocenters. The van der Waals surface area contributed by atoms with Gasteiger partial charge in [-0.3, -0.25) is 14.5 Å². The van der Waals surface area contributed by atoms with E-state index in [4.69, 9.17) is 12.2 Å². The van der Waals surface area contributed by atoms with E-state index in [9.17, 15) is 9.59 Å². The first-order valence-electron chi connectivity index (χ1n) is 12.8. The number of carbonyl (C=O) groups is 2. The lowest BCUT2D eigenvalue weighted by Gasteiger charge is -2.40. The van der Waals surface area contributed by atoms with Crippen LogP contribution < -0.4 is 10.6 Å². The maximum atomic E-state index is 13.5. The molecule has 37 heavy (non-hydrogen) atoms. The number of hydrogen-bond donors (Lipinski definition) is 2. The lowest BCUT2D eigenvalue weighted by molar-refractivity contribution is -0.120. The SMILES string of the molecule is CC(C)CC(=O)NC(=S)Nc1ccccc1C(=O)N1CCN(C(c2ccccc2)c2ccccc2)CC1. The molecule has 0 aromatic heterocycles. The number of thiocarbonyl (C=S) groups is 1. The van der Waals surface area contributed by atoms with Crippen LogP contribution >= 0.6 is 12.2 Å². The van der Waals surface area contributed by atoms with Crippen LogP contribution in [0.3, 0.4) is 0 Å². The first-order chi connectivity index (χ1) is 17.9. The Morgan fingerprint density at radius 2 is 1.35 bits per heavy atom. The highest BCUT2D eigenvalue weighted by Gasteiger charge is 2.29. The molecule has 192 valence electrons. The Labute approximate surface area is 224 Å². The van der Waals surface area contributed by atoms with Crippen LogP contribution in [0.15, 0.2) is 84.9 Å². The fraction of sp³-hybridized carbons (Fsp3) is 0.300. The summed E-state index contributed by atoms with van der Waals surface area (Å²) in [5.41, 5.74) is 3.63.